The number of nitrogens with zero attached hydrogens (tertiary/aromatic N) is 1. The van der Waals surface area contributed by atoms with Gasteiger partial charge in [-0.3, -0.25) is 0 Å². The summed E-state index contributed by atoms with van der Waals surface area (Å²) in [5, 5.41) is 0.952. The second-order valence-electron chi connectivity index (χ2n) is 4.66. The molecule has 0 fully saturated rings. The van der Waals surface area contributed by atoms with Gasteiger partial charge in [0.15, 0.2) is 0 Å². The number of rotatable bonds is 4. The molecular formula is C14H15NO2S. The van der Waals surface area contributed by atoms with E-state index in [1.54, 1.807) is 17.6 Å². The minimum Gasteiger partial charge on any atom is -0.469 e. The Morgan fingerprint density at radius 2 is 2.33 bits per heavy atom. The van der Waals surface area contributed by atoms with Crippen LogP contribution in [0, 0.1) is 0 Å². The number of thiazole rings is 1. The Bertz CT molecular complexity index is 506. The maximum Gasteiger partial charge on any atom is 0.130 e. The van der Waals surface area contributed by atoms with Crippen LogP contribution in [0.2, 0.25) is 0 Å². The number of carbonyl (C=O) groups is 1. The molecule has 1 atom stereocenters. The smallest absolute Gasteiger partial charge is 0.130 e. The highest BCUT2D eigenvalue weighted by atomic mass is 32.1. The lowest BCUT2D eigenvalue weighted by molar-refractivity contribution is -0.109. The van der Waals surface area contributed by atoms with Crippen LogP contribution in [0.3, 0.4) is 0 Å². The van der Waals surface area contributed by atoms with Gasteiger partial charge in [0.05, 0.1) is 17.9 Å². The van der Waals surface area contributed by atoms with E-state index in [4.69, 9.17) is 4.42 Å². The number of aryl methyl sites for hydroxylation is 2. The zero-order chi connectivity index (χ0) is 12.4. The zero-order valence-corrected chi connectivity index (χ0v) is 10.9. The molecule has 0 spiro atoms. The number of hydrogen-bond donors (Lipinski definition) is 0. The summed E-state index contributed by atoms with van der Waals surface area (Å²) in [6.07, 6.45) is 7.91. The summed E-state index contributed by atoms with van der Waals surface area (Å²) in [5.41, 5.74) is 1.22. The van der Waals surface area contributed by atoms with Gasteiger partial charge < -0.3 is 9.21 Å². The molecule has 1 unspecified atom stereocenters. The Balaban J connectivity index is 1.82. The first-order valence-corrected chi connectivity index (χ1v) is 7.14. The lowest BCUT2D eigenvalue weighted by atomic mass is 10.0. The third-order valence-corrected chi connectivity index (χ3v) is 4.63. The molecular weight excluding hydrogens is 246 g/mol. The zero-order valence-electron chi connectivity index (χ0n) is 10.1. The van der Waals surface area contributed by atoms with Crippen molar-refractivity contribution >= 4 is 17.6 Å². The monoisotopic (exact) mass is 261 g/mol. The van der Waals surface area contributed by atoms with Crippen molar-refractivity contribution < 1.29 is 9.21 Å². The van der Waals surface area contributed by atoms with E-state index in [2.05, 4.69) is 4.98 Å². The largest absolute Gasteiger partial charge is 0.469 e. The van der Waals surface area contributed by atoms with Crippen molar-refractivity contribution in [2.24, 2.45) is 0 Å². The molecule has 1 aliphatic carbocycles. The highest BCUT2D eigenvalue weighted by molar-refractivity contribution is 7.12. The number of aromatic nitrogens is 1. The van der Waals surface area contributed by atoms with Crippen LogP contribution in [0.4, 0.5) is 0 Å². The van der Waals surface area contributed by atoms with Crippen LogP contribution >= 0.6 is 11.3 Å². The summed E-state index contributed by atoms with van der Waals surface area (Å²) < 4.78 is 5.31. The SMILES string of the molecule is O=CC(Cc1ccco1)c1nc2c(s1)CCCC2. The van der Waals surface area contributed by atoms with Crippen LogP contribution in [0.15, 0.2) is 22.8 Å². The van der Waals surface area contributed by atoms with Crippen molar-refractivity contribution in [1.29, 1.82) is 0 Å². The molecule has 2 heterocycles. The summed E-state index contributed by atoms with van der Waals surface area (Å²) >= 11 is 1.71. The van der Waals surface area contributed by atoms with E-state index in [1.807, 2.05) is 12.1 Å². The average Bonchev–Trinajstić information content (AvgIpc) is 3.04. The van der Waals surface area contributed by atoms with Gasteiger partial charge in [0.2, 0.25) is 0 Å². The molecule has 3 nitrogen and oxygen atoms in total. The highest BCUT2D eigenvalue weighted by Crippen LogP contribution is 2.31. The molecule has 0 saturated carbocycles. The summed E-state index contributed by atoms with van der Waals surface area (Å²) in [6.45, 7) is 0. The van der Waals surface area contributed by atoms with Crippen molar-refractivity contribution in [2.75, 3.05) is 0 Å². The van der Waals surface area contributed by atoms with E-state index in [9.17, 15) is 4.79 Å². The van der Waals surface area contributed by atoms with E-state index in [0.29, 0.717) is 6.42 Å². The molecule has 2 aromatic rings. The molecule has 0 radical (unpaired) electrons. The Labute approximate surface area is 110 Å². The number of hydrogen-bond acceptors (Lipinski definition) is 4. The van der Waals surface area contributed by atoms with Gasteiger partial charge in [-0.25, -0.2) is 4.98 Å². The van der Waals surface area contributed by atoms with E-state index in [-0.39, 0.29) is 5.92 Å². The van der Waals surface area contributed by atoms with Crippen LogP contribution in [-0.2, 0) is 24.1 Å². The minimum atomic E-state index is -0.160. The fourth-order valence-corrected chi connectivity index (χ4v) is 3.58. The van der Waals surface area contributed by atoms with Gasteiger partial charge in [-0.15, -0.1) is 11.3 Å². The number of carbonyl (C=O) groups excluding carboxylic acids is 1. The molecule has 1 aliphatic rings. The van der Waals surface area contributed by atoms with Gasteiger partial charge in [-0.05, 0) is 37.8 Å². The second kappa shape index (κ2) is 5.06. The standard InChI is InChI=1S/C14H15NO2S/c16-9-10(8-11-4-3-7-17-11)14-15-12-5-1-2-6-13(12)18-14/h3-4,7,9-10H,1-2,5-6,8H2. The highest BCUT2D eigenvalue weighted by Gasteiger charge is 2.21. The van der Waals surface area contributed by atoms with E-state index >= 15 is 0 Å². The molecule has 4 heteroatoms. The lowest BCUT2D eigenvalue weighted by Gasteiger charge is -2.06. The average molecular weight is 261 g/mol. The predicted octanol–water partition coefficient (Wildman–Crippen LogP) is 3.14. The van der Waals surface area contributed by atoms with Crippen LogP contribution in [0.5, 0.6) is 0 Å². The Morgan fingerprint density at radius 1 is 1.44 bits per heavy atom. The third kappa shape index (κ3) is 2.25. The first-order chi connectivity index (χ1) is 8.86. The second-order valence-corrected chi connectivity index (χ2v) is 5.77. The van der Waals surface area contributed by atoms with Crippen molar-refractivity contribution in [2.45, 2.75) is 38.0 Å². The van der Waals surface area contributed by atoms with Gasteiger partial charge >= 0.3 is 0 Å². The van der Waals surface area contributed by atoms with Crippen molar-refractivity contribution in [1.82, 2.24) is 4.98 Å². The molecule has 0 saturated heterocycles. The van der Waals surface area contributed by atoms with Gasteiger partial charge in [0, 0.05) is 11.3 Å². The fourth-order valence-electron chi connectivity index (χ4n) is 2.37. The number of fused-ring (bicyclic) bond motifs is 1. The summed E-state index contributed by atoms with van der Waals surface area (Å²) in [7, 11) is 0. The molecule has 3 rings (SSSR count). The minimum absolute atomic E-state index is 0.160. The van der Waals surface area contributed by atoms with Crippen molar-refractivity contribution in [3.8, 4) is 0 Å². The molecule has 94 valence electrons. The van der Waals surface area contributed by atoms with Gasteiger partial charge in [-0.1, -0.05) is 0 Å². The van der Waals surface area contributed by atoms with E-state index in [0.717, 1.165) is 29.9 Å². The van der Waals surface area contributed by atoms with Crippen LogP contribution in [0.1, 0.15) is 40.1 Å². The molecule has 0 bridgehead atoms. The number of aldehydes is 1. The maximum absolute atomic E-state index is 11.3. The normalized spacial score (nSPS) is 16.2. The van der Waals surface area contributed by atoms with Crippen LogP contribution < -0.4 is 0 Å². The quantitative estimate of drug-likeness (QED) is 0.794. The Kier molecular flexibility index (Phi) is 3.28. The van der Waals surface area contributed by atoms with E-state index < -0.39 is 0 Å². The summed E-state index contributed by atoms with van der Waals surface area (Å²) in [4.78, 5) is 17.3. The molecule has 0 aliphatic heterocycles. The molecule has 2 aromatic heterocycles. The van der Waals surface area contributed by atoms with Crippen LogP contribution in [0.25, 0.3) is 0 Å². The summed E-state index contributed by atoms with van der Waals surface area (Å²) in [5.74, 6) is 0.687. The third-order valence-electron chi connectivity index (χ3n) is 3.34. The van der Waals surface area contributed by atoms with Crippen LogP contribution in [-0.4, -0.2) is 11.3 Å². The van der Waals surface area contributed by atoms with E-state index in [1.165, 1.54) is 23.4 Å². The molecule has 0 amide bonds. The number of furan rings is 1. The predicted molar refractivity (Wildman–Crippen MR) is 70.0 cm³/mol. The Hall–Kier alpha value is -1.42. The molecule has 0 aromatic carbocycles. The summed E-state index contributed by atoms with van der Waals surface area (Å²) in [6, 6.07) is 3.76. The fraction of sp³-hybridized carbons (Fsp3) is 0.429. The van der Waals surface area contributed by atoms with Gasteiger partial charge in [0.25, 0.3) is 0 Å². The molecule has 0 N–H and O–H groups in total. The van der Waals surface area contributed by atoms with Crippen molar-refractivity contribution in [3.63, 3.8) is 0 Å². The topological polar surface area (TPSA) is 43.1 Å². The Morgan fingerprint density at radius 3 is 3.06 bits per heavy atom. The first-order valence-electron chi connectivity index (χ1n) is 6.33. The van der Waals surface area contributed by atoms with Crippen molar-refractivity contribution in [3.05, 3.63) is 39.7 Å². The lowest BCUT2D eigenvalue weighted by Crippen LogP contribution is -2.04. The molecule has 18 heavy (non-hydrogen) atoms. The van der Waals surface area contributed by atoms with Gasteiger partial charge in [-0.2, -0.15) is 0 Å². The van der Waals surface area contributed by atoms with Gasteiger partial charge in [0.1, 0.15) is 17.1 Å². The maximum atomic E-state index is 11.3. The first kappa shape index (κ1) is 11.7.